The molecule has 0 spiro atoms. The number of amides is 1. The smallest absolute Gasteiger partial charge is 0.220 e. The standard InChI is InChI=1S/C92H165NO18/c1-3-5-7-9-11-13-15-17-19-21-23-25-27-29-31-33-34-35-36-37-38-39-40-42-44-46-48-50-52-54-56-58-60-62-64-66-68-70-80(98)93-75(76(97)69-67-65-63-61-59-57-55-53-51-49-47-45-43-41-32-30-28-26-24-22-20-18-16-14-12-10-8-6-4-2)74-106-90-86(104)83(101)88(78(72-95)108-90)111-92-87(105)84(102)89(79(73-96)109-92)110-91-85(103)82(100)81(99)77(71-94)107-91/h5,7,11,13,17,19,23,25,29,31,59,61,67,69,75-79,81-92,94-97,99-105H,3-4,6,8-10,12,14-16,18,20-22,24,26-28,30,32-58,60,62-66,68,70-74H2,1-2H3,(H,93,98)/b7-5-,13-11-,19-17-,25-23-,31-29-,61-59+,69-67+. The summed E-state index contributed by atoms with van der Waals surface area (Å²) in [5.41, 5.74) is 0. The van der Waals surface area contributed by atoms with Crippen LogP contribution < -0.4 is 5.32 Å². The highest BCUT2D eigenvalue weighted by Gasteiger charge is 2.54. The largest absolute Gasteiger partial charge is 0.394 e. The minimum absolute atomic E-state index is 0.236. The van der Waals surface area contributed by atoms with Crippen LogP contribution in [0.1, 0.15) is 361 Å². The van der Waals surface area contributed by atoms with Crippen LogP contribution in [0.3, 0.4) is 0 Å². The van der Waals surface area contributed by atoms with Gasteiger partial charge in [-0.05, 0) is 77.0 Å². The Morgan fingerprint density at radius 2 is 0.631 bits per heavy atom. The molecule has 111 heavy (non-hydrogen) atoms. The van der Waals surface area contributed by atoms with Crippen LogP contribution in [0.5, 0.6) is 0 Å². The van der Waals surface area contributed by atoms with Gasteiger partial charge in [0.05, 0.1) is 38.6 Å². The molecule has 1 amide bonds. The van der Waals surface area contributed by atoms with Crippen LogP contribution in [0.4, 0.5) is 0 Å². The van der Waals surface area contributed by atoms with Gasteiger partial charge in [-0.15, -0.1) is 0 Å². The molecule has 3 saturated heterocycles. The second-order valence-electron chi connectivity index (χ2n) is 32.0. The summed E-state index contributed by atoms with van der Waals surface area (Å²) in [6.07, 6.45) is 70.3. The maximum Gasteiger partial charge on any atom is 0.220 e. The van der Waals surface area contributed by atoms with Crippen LogP contribution in [0.25, 0.3) is 0 Å². The van der Waals surface area contributed by atoms with Gasteiger partial charge in [-0.1, -0.05) is 362 Å². The normalized spacial score (nSPS) is 25.4. The van der Waals surface area contributed by atoms with Gasteiger partial charge in [0.2, 0.25) is 5.91 Å². The molecule has 0 saturated carbocycles. The molecule has 19 heteroatoms. The van der Waals surface area contributed by atoms with Crippen molar-refractivity contribution in [3.8, 4) is 0 Å². The van der Waals surface area contributed by atoms with Crippen LogP contribution >= 0.6 is 0 Å². The third-order valence-corrected chi connectivity index (χ3v) is 22.2. The average Bonchev–Trinajstić information content (AvgIpc) is 0.779. The summed E-state index contributed by atoms with van der Waals surface area (Å²) in [6.45, 7) is 1.66. The lowest BCUT2D eigenvalue weighted by Crippen LogP contribution is -2.66. The monoisotopic (exact) mass is 1570 g/mol. The Hall–Kier alpha value is -3.03. The minimum Gasteiger partial charge on any atom is -0.394 e. The fraction of sp³-hybridized carbons (Fsp3) is 0.837. The molecular weight excluding hydrogens is 1410 g/mol. The van der Waals surface area contributed by atoms with Crippen molar-refractivity contribution in [2.75, 3.05) is 26.4 Å². The number of nitrogens with one attached hydrogen (secondary N) is 1. The number of carbonyl (C=O) groups is 1. The molecule has 3 rings (SSSR count). The highest BCUT2D eigenvalue weighted by atomic mass is 16.8. The Balaban J connectivity index is 1.33. The Bertz CT molecular complexity index is 2330. The lowest BCUT2D eigenvalue weighted by Gasteiger charge is -2.48. The molecule has 3 heterocycles. The first kappa shape index (κ1) is 102. The fourth-order valence-corrected chi connectivity index (χ4v) is 15.0. The molecule has 0 radical (unpaired) electrons. The van der Waals surface area contributed by atoms with Gasteiger partial charge < -0.3 is 89.9 Å². The predicted molar refractivity (Wildman–Crippen MR) is 448 cm³/mol. The van der Waals surface area contributed by atoms with Gasteiger partial charge in [-0.3, -0.25) is 4.79 Å². The SMILES string of the molecule is CC/C=C\C/C=C\C/C=C\C/C=C\C/C=C\CCCCCCCCCCCCCCCCCCCCCCCC(=O)NC(COC1OC(CO)C(OC2OC(CO)C(OC3OC(CO)C(O)C(O)C3O)C(O)C2O)C(O)C1O)C(O)/C=C/CC/C=C/CCCCCCCCCCCCCCCCCCCCCCCCC. The zero-order valence-corrected chi connectivity index (χ0v) is 69.7. The number of hydrogen-bond acceptors (Lipinski definition) is 18. The molecule has 0 aromatic carbocycles. The van der Waals surface area contributed by atoms with E-state index in [-0.39, 0.29) is 18.9 Å². The Kier molecular flexibility index (Phi) is 65.4. The number of carbonyl (C=O) groups excluding carboxylic acids is 1. The highest BCUT2D eigenvalue weighted by molar-refractivity contribution is 5.76. The van der Waals surface area contributed by atoms with E-state index < -0.39 is 124 Å². The number of rotatable bonds is 73. The van der Waals surface area contributed by atoms with Gasteiger partial charge in [-0.2, -0.15) is 0 Å². The number of aliphatic hydroxyl groups is 11. The van der Waals surface area contributed by atoms with Crippen molar-refractivity contribution in [2.45, 2.75) is 465 Å². The quantitative estimate of drug-likeness (QED) is 0.0199. The number of unbranched alkanes of at least 4 members (excludes halogenated alkanes) is 45. The van der Waals surface area contributed by atoms with E-state index in [0.717, 1.165) is 70.6 Å². The third-order valence-electron chi connectivity index (χ3n) is 22.2. The van der Waals surface area contributed by atoms with Crippen LogP contribution in [-0.2, 0) is 33.2 Å². The predicted octanol–water partition coefficient (Wildman–Crippen LogP) is 17.3. The van der Waals surface area contributed by atoms with Crippen LogP contribution in [-0.4, -0.2) is 193 Å². The van der Waals surface area contributed by atoms with Gasteiger partial charge in [0.15, 0.2) is 18.9 Å². The van der Waals surface area contributed by atoms with E-state index in [2.05, 4.69) is 92.1 Å². The van der Waals surface area contributed by atoms with E-state index in [1.807, 2.05) is 6.08 Å². The summed E-state index contributed by atoms with van der Waals surface area (Å²) in [6, 6.07) is -0.994. The minimum atomic E-state index is -1.98. The average molecular weight is 1570 g/mol. The van der Waals surface area contributed by atoms with Crippen LogP contribution in [0.2, 0.25) is 0 Å². The van der Waals surface area contributed by atoms with Gasteiger partial charge in [0, 0.05) is 6.42 Å². The molecule has 17 unspecified atom stereocenters. The first-order valence-electron chi connectivity index (χ1n) is 45.3. The molecule has 0 aliphatic carbocycles. The van der Waals surface area contributed by atoms with Crippen molar-refractivity contribution in [2.24, 2.45) is 0 Å². The second kappa shape index (κ2) is 71.1. The Labute approximate surface area is 673 Å². The topological polar surface area (TPSA) is 307 Å². The van der Waals surface area contributed by atoms with E-state index in [0.29, 0.717) is 12.8 Å². The summed E-state index contributed by atoms with van der Waals surface area (Å²) in [4.78, 5) is 13.5. The summed E-state index contributed by atoms with van der Waals surface area (Å²) in [7, 11) is 0. The Morgan fingerprint density at radius 3 is 1.01 bits per heavy atom. The maximum atomic E-state index is 13.5. The molecule has 646 valence electrons. The van der Waals surface area contributed by atoms with E-state index in [1.54, 1.807) is 6.08 Å². The lowest BCUT2D eigenvalue weighted by atomic mass is 9.96. The lowest BCUT2D eigenvalue weighted by molar-refractivity contribution is -0.379. The van der Waals surface area contributed by atoms with E-state index in [9.17, 15) is 61.0 Å². The van der Waals surface area contributed by atoms with Gasteiger partial charge in [0.25, 0.3) is 0 Å². The number of ether oxygens (including phenoxy) is 6. The molecule has 12 N–H and O–H groups in total. The molecular formula is C92H165NO18. The fourth-order valence-electron chi connectivity index (χ4n) is 15.0. The maximum absolute atomic E-state index is 13.5. The summed E-state index contributed by atoms with van der Waals surface area (Å²) in [5, 5.41) is 121. The molecule has 3 aliphatic rings. The summed E-state index contributed by atoms with van der Waals surface area (Å²) in [5.74, 6) is -0.280. The van der Waals surface area contributed by atoms with Crippen molar-refractivity contribution >= 4 is 5.91 Å². The first-order valence-corrected chi connectivity index (χ1v) is 45.3. The second-order valence-corrected chi connectivity index (χ2v) is 32.0. The van der Waals surface area contributed by atoms with Gasteiger partial charge >= 0.3 is 0 Å². The van der Waals surface area contributed by atoms with Gasteiger partial charge in [-0.25, -0.2) is 0 Å². The first-order chi connectivity index (χ1) is 54.3. The van der Waals surface area contributed by atoms with Crippen LogP contribution in [0.15, 0.2) is 85.1 Å². The van der Waals surface area contributed by atoms with Crippen molar-refractivity contribution < 1.29 is 89.4 Å². The molecule has 0 aromatic rings. The third kappa shape index (κ3) is 49.7. The van der Waals surface area contributed by atoms with Crippen LogP contribution in [0, 0.1) is 0 Å². The summed E-state index contributed by atoms with van der Waals surface area (Å²) >= 11 is 0. The molecule has 0 bridgehead atoms. The Morgan fingerprint density at radius 1 is 0.333 bits per heavy atom. The number of hydrogen-bond donors (Lipinski definition) is 12. The van der Waals surface area contributed by atoms with E-state index >= 15 is 0 Å². The van der Waals surface area contributed by atoms with Crippen molar-refractivity contribution in [3.05, 3.63) is 85.1 Å². The molecule has 3 fully saturated rings. The van der Waals surface area contributed by atoms with Crippen molar-refractivity contribution in [1.82, 2.24) is 5.32 Å². The molecule has 3 aliphatic heterocycles. The van der Waals surface area contributed by atoms with Crippen molar-refractivity contribution in [3.63, 3.8) is 0 Å². The van der Waals surface area contributed by atoms with E-state index in [4.69, 9.17) is 28.4 Å². The number of allylic oxidation sites excluding steroid dienone is 13. The number of aliphatic hydroxyl groups excluding tert-OH is 11. The molecule has 17 atom stereocenters. The zero-order valence-electron chi connectivity index (χ0n) is 69.7. The van der Waals surface area contributed by atoms with E-state index in [1.165, 1.54) is 257 Å². The van der Waals surface area contributed by atoms with Gasteiger partial charge in [0.1, 0.15) is 73.2 Å². The zero-order chi connectivity index (χ0) is 80.3. The summed E-state index contributed by atoms with van der Waals surface area (Å²) < 4.78 is 34.5. The molecule has 19 nitrogen and oxygen atoms in total. The molecule has 0 aromatic heterocycles. The van der Waals surface area contributed by atoms with Crippen molar-refractivity contribution in [1.29, 1.82) is 0 Å². The highest BCUT2D eigenvalue weighted by Crippen LogP contribution is 2.34.